The van der Waals surface area contributed by atoms with E-state index >= 15 is 0 Å². The fraction of sp³-hybridized carbons (Fsp3) is 0.545. The Balaban J connectivity index is 1.28. The molecule has 1 aromatic carbocycles. The van der Waals surface area contributed by atoms with Gasteiger partial charge >= 0.3 is 0 Å². The lowest BCUT2D eigenvalue weighted by Crippen LogP contribution is -2.29. The standard InChI is InChI=1S/C22H29N3OS/c26-21(12-11-17-7-3-1-4-8-17)24-22-23-19-13-14-25(16-20(19)27-22)15-18-9-5-2-6-10-18/h2,5-6,9-10,17H,1,3-4,7-8,11-16H2,(H,23,24,26). The normalized spacial score (nSPS) is 18.2. The Morgan fingerprint density at radius 2 is 2.00 bits per heavy atom. The third kappa shape index (κ3) is 5.17. The summed E-state index contributed by atoms with van der Waals surface area (Å²) in [6.45, 7) is 2.93. The van der Waals surface area contributed by atoms with Gasteiger partial charge in [-0.2, -0.15) is 0 Å². The van der Waals surface area contributed by atoms with Gasteiger partial charge in [0.2, 0.25) is 5.91 Å². The average molecular weight is 384 g/mol. The van der Waals surface area contributed by atoms with Crippen LogP contribution in [0.15, 0.2) is 30.3 Å². The molecule has 5 heteroatoms. The number of rotatable bonds is 6. The van der Waals surface area contributed by atoms with Crippen LogP contribution in [-0.4, -0.2) is 22.3 Å². The van der Waals surface area contributed by atoms with Crippen LogP contribution >= 0.6 is 11.3 Å². The summed E-state index contributed by atoms with van der Waals surface area (Å²) >= 11 is 1.65. The molecule has 1 N–H and O–H groups in total. The van der Waals surface area contributed by atoms with E-state index in [9.17, 15) is 4.79 Å². The number of nitrogens with one attached hydrogen (secondary N) is 1. The minimum atomic E-state index is 0.132. The van der Waals surface area contributed by atoms with E-state index in [-0.39, 0.29) is 5.91 Å². The fourth-order valence-electron chi connectivity index (χ4n) is 4.27. The van der Waals surface area contributed by atoms with Crippen LogP contribution in [0.1, 0.15) is 61.1 Å². The van der Waals surface area contributed by atoms with Gasteiger partial charge in [0.25, 0.3) is 0 Å². The van der Waals surface area contributed by atoms with E-state index in [2.05, 4.69) is 45.5 Å². The number of hydrogen-bond donors (Lipinski definition) is 1. The van der Waals surface area contributed by atoms with Crippen LogP contribution < -0.4 is 5.32 Å². The average Bonchev–Trinajstić information content (AvgIpc) is 3.09. The first-order valence-electron chi connectivity index (χ1n) is 10.3. The molecular weight excluding hydrogens is 354 g/mol. The Hall–Kier alpha value is -1.72. The predicted octanol–water partition coefficient (Wildman–Crippen LogP) is 5.00. The molecule has 144 valence electrons. The minimum absolute atomic E-state index is 0.132. The third-order valence-corrected chi connectivity index (χ3v) is 6.81. The van der Waals surface area contributed by atoms with Crippen molar-refractivity contribution in [3.63, 3.8) is 0 Å². The first-order valence-corrected chi connectivity index (χ1v) is 11.1. The lowest BCUT2D eigenvalue weighted by Gasteiger charge is -2.25. The van der Waals surface area contributed by atoms with Crippen molar-refractivity contribution in [2.75, 3.05) is 11.9 Å². The second kappa shape index (κ2) is 8.98. The maximum absolute atomic E-state index is 12.3. The lowest BCUT2D eigenvalue weighted by atomic mass is 9.86. The number of anilines is 1. The van der Waals surface area contributed by atoms with Crippen molar-refractivity contribution in [2.24, 2.45) is 5.92 Å². The van der Waals surface area contributed by atoms with Crippen molar-refractivity contribution < 1.29 is 4.79 Å². The van der Waals surface area contributed by atoms with E-state index in [0.717, 1.165) is 43.5 Å². The van der Waals surface area contributed by atoms with Crippen LogP contribution in [0.4, 0.5) is 5.13 Å². The summed E-state index contributed by atoms with van der Waals surface area (Å²) in [5.41, 5.74) is 2.52. The number of thiazole rings is 1. The predicted molar refractivity (Wildman–Crippen MR) is 111 cm³/mol. The molecule has 0 atom stereocenters. The van der Waals surface area contributed by atoms with Gasteiger partial charge < -0.3 is 5.32 Å². The summed E-state index contributed by atoms with van der Waals surface area (Å²) < 4.78 is 0. The van der Waals surface area contributed by atoms with Crippen LogP contribution in [0.2, 0.25) is 0 Å². The van der Waals surface area contributed by atoms with Crippen LogP contribution in [0, 0.1) is 5.92 Å². The SMILES string of the molecule is O=C(CCC1CCCCC1)Nc1nc2c(s1)CN(Cc1ccccc1)CC2. The molecule has 1 aromatic heterocycles. The second-order valence-electron chi connectivity index (χ2n) is 7.93. The van der Waals surface area contributed by atoms with Crippen molar-refractivity contribution in [3.05, 3.63) is 46.5 Å². The van der Waals surface area contributed by atoms with E-state index in [1.165, 1.54) is 48.2 Å². The van der Waals surface area contributed by atoms with Gasteiger partial charge in [-0.3, -0.25) is 9.69 Å². The molecule has 2 heterocycles. The van der Waals surface area contributed by atoms with Crippen molar-refractivity contribution >= 4 is 22.4 Å². The molecule has 0 spiro atoms. The molecule has 2 aromatic rings. The zero-order chi connectivity index (χ0) is 18.5. The fourth-order valence-corrected chi connectivity index (χ4v) is 5.34. The molecule has 4 rings (SSSR count). The smallest absolute Gasteiger partial charge is 0.226 e. The molecule has 1 saturated carbocycles. The van der Waals surface area contributed by atoms with E-state index < -0.39 is 0 Å². The van der Waals surface area contributed by atoms with Crippen molar-refractivity contribution in [2.45, 2.75) is 64.5 Å². The zero-order valence-corrected chi connectivity index (χ0v) is 16.8. The molecular formula is C22H29N3OS. The Kier molecular flexibility index (Phi) is 6.20. The van der Waals surface area contributed by atoms with Crippen LogP contribution in [-0.2, 0) is 24.3 Å². The van der Waals surface area contributed by atoms with E-state index in [1.54, 1.807) is 11.3 Å². The van der Waals surface area contributed by atoms with E-state index in [0.29, 0.717) is 6.42 Å². The highest BCUT2D eigenvalue weighted by atomic mass is 32.1. The lowest BCUT2D eigenvalue weighted by molar-refractivity contribution is -0.116. The van der Waals surface area contributed by atoms with Gasteiger partial charge in [0.05, 0.1) is 5.69 Å². The topological polar surface area (TPSA) is 45.2 Å². The Morgan fingerprint density at radius 1 is 1.19 bits per heavy atom. The van der Waals surface area contributed by atoms with Gasteiger partial charge in [0.1, 0.15) is 0 Å². The number of carbonyl (C=O) groups excluding carboxylic acids is 1. The molecule has 1 amide bonds. The molecule has 0 saturated heterocycles. The van der Waals surface area contributed by atoms with E-state index in [1.807, 2.05) is 0 Å². The highest BCUT2D eigenvalue weighted by Crippen LogP contribution is 2.30. The van der Waals surface area contributed by atoms with Crippen LogP contribution in [0.3, 0.4) is 0 Å². The highest BCUT2D eigenvalue weighted by Gasteiger charge is 2.22. The summed E-state index contributed by atoms with van der Waals surface area (Å²) in [4.78, 5) is 20.8. The van der Waals surface area contributed by atoms with Gasteiger partial charge in [-0.15, -0.1) is 11.3 Å². The molecule has 0 bridgehead atoms. The monoisotopic (exact) mass is 383 g/mol. The Morgan fingerprint density at radius 3 is 2.81 bits per heavy atom. The van der Waals surface area contributed by atoms with Crippen molar-refractivity contribution in [1.82, 2.24) is 9.88 Å². The molecule has 0 radical (unpaired) electrons. The molecule has 1 aliphatic carbocycles. The van der Waals surface area contributed by atoms with E-state index in [4.69, 9.17) is 0 Å². The first-order chi connectivity index (χ1) is 13.3. The summed E-state index contributed by atoms with van der Waals surface area (Å²) in [5.74, 6) is 0.883. The summed E-state index contributed by atoms with van der Waals surface area (Å²) in [6.07, 6.45) is 9.28. The van der Waals surface area contributed by atoms with Gasteiger partial charge in [-0.25, -0.2) is 4.98 Å². The van der Waals surface area contributed by atoms with Gasteiger partial charge in [0.15, 0.2) is 5.13 Å². The van der Waals surface area contributed by atoms with Gasteiger partial charge in [0, 0.05) is 37.4 Å². The number of fused-ring (bicyclic) bond motifs is 1. The van der Waals surface area contributed by atoms with Gasteiger partial charge in [-0.05, 0) is 17.9 Å². The zero-order valence-electron chi connectivity index (χ0n) is 16.0. The summed E-state index contributed by atoms with van der Waals surface area (Å²) in [5, 5.41) is 3.84. The van der Waals surface area contributed by atoms with Crippen molar-refractivity contribution in [3.8, 4) is 0 Å². The molecule has 1 fully saturated rings. The molecule has 2 aliphatic rings. The molecule has 27 heavy (non-hydrogen) atoms. The second-order valence-corrected chi connectivity index (χ2v) is 9.01. The quantitative estimate of drug-likeness (QED) is 0.763. The Bertz CT molecular complexity index is 752. The summed E-state index contributed by atoms with van der Waals surface area (Å²) in [6, 6.07) is 10.6. The number of nitrogens with zero attached hydrogens (tertiary/aromatic N) is 2. The largest absolute Gasteiger partial charge is 0.302 e. The molecule has 0 unspecified atom stereocenters. The third-order valence-electron chi connectivity index (χ3n) is 5.81. The van der Waals surface area contributed by atoms with Gasteiger partial charge in [-0.1, -0.05) is 62.4 Å². The highest BCUT2D eigenvalue weighted by molar-refractivity contribution is 7.15. The first kappa shape index (κ1) is 18.6. The maximum Gasteiger partial charge on any atom is 0.226 e. The minimum Gasteiger partial charge on any atom is -0.302 e. The summed E-state index contributed by atoms with van der Waals surface area (Å²) in [7, 11) is 0. The van der Waals surface area contributed by atoms with Crippen molar-refractivity contribution in [1.29, 1.82) is 0 Å². The number of benzene rings is 1. The number of aromatic nitrogens is 1. The molecule has 4 nitrogen and oxygen atoms in total. The Labute approximate surface area is 166 Å². The molecule has 1 aliphatic heterocycles. The number of hydrogen-bond acceptors (Lipinski definition) is 4. The number of carbonyl (C=O) groups is 1. The number of amides is 1. The van der Waals surface area contributed by atoms with Crippen LogP contribution in [0.25, 0.3) is 0 Å². The maximum atomic E-state index is 12.3. The van der Waals surface area contributed by atoms with Crippen LogP contribution in [0.5, 0.6) is 0 Å².